The molecule has 21 heavy (non-hydrogen) atoms. The molecule has 0 bridgehead atoms. The average molecular weight is 297 g/mol. The Labute approximate surface area is 120 Å². The first-order valence-corrected chi connectivity index (χ1v) is 6.37. The normalized spacial score (nSPS) is 11.9. The number of Topliss-reactive ketones (excluding diaryl/α,β-unsaturated/α-hetero) is 1. The third-order valence-corrected chi connectivity index (χ3v) is 2.82. The Morgan fingerprint density at radius 3 is 2.14 bits per heavy atom. The Morgan fingerprint density at radius 1 is 1.05 bits per heavy atom. The van der Waals surface area contributed by atoms with E-state index in [1.165, 1.54) is 12.1 Å². The Morgan fingerprint density at radius 2 is 1.62 bits per heavy atom. The van der Waals surface area contributed by atoms with Gasteiger partial charge in [0, 0.05) is 18.5 Å². The van der Waals surface area contributed by atoms with Crippen molar-refractivity contribution in [2.45, 2.75) is 25.3 Å². The predicted molar refractivity (Wildman–Crippen MR) is 71.6 cm³/mol. The molecular weight excluding hydrogens is 281 g/mol. The van der Waals surface area contributed by atoms with Crippen LogP contribution < -0.4 is 5.32 Å². The largest absolute Gasteiger partial charge is 0.481 e. The number of carbonyl (C=O) groups excluding carboxylic acids is 1. The van der Waals surface area contributed by atoms with Gasteiger partial charge in [0.1, 0.15) is 5.82 Å². The van der Waals surface area contributed by atoms with Gasteiger partial charge in [-0.25, -0.2) is 4.39 Å². The number of carboxylic acid groups (broad SMARTS) is 2. The summed E-state index contributed by atoms with van der Waals surface area (Å²) in [7, 11) is 0. The first kappa shape index (κ1) is 16.8. The second-order valence-electron chi connectivity index (χ2n) is 4.45. The van der Waals surface area contributed by atoms with Crippen molar-refractivity contribution < 1.29 is 29.0 Å². The van der Waals surface area contributed by atoms with Gasteiger partial charge in [0.25, 0.3) is 0 Å². The zero-order valence-corrected chi connectivity index (χ0v) is 11.2. The molecule has 1 unspecified atom stereocenters. The van der Waals surface area contributed by atoms with E-state index in [9.17, 15) is 18.8 Å². The molecule has 0 aromatic heterocycles. The van der Waals surface area contributed by atoms with Crippen molar-refractivity contribution in [1.29, 1.82) is 0 Å². The highest BCUT2D eigenvalue weighted by Crippen LogP contribution is 2.10. The lowest BCUT2D eigenvalue weighted by molar-refractivity contribution is -0.138. The Kier molecular flexibility index (Phi) is 6.48. The van der Waals surface area contributed by atoms with Crippen molar-refractivity contribution in [1.82, 2.24) is 5.32 Å². The van der Waals surface area contributed by atoms with E-state index in [1.807, 2.05) is 0 Å². The number of carboxylic acids is 2. The summed E-state index contributed by atoms with van der Waals surface area (Å²) in [6, 6.07) is 4.08. The minimum Gasteiger partial charge on any atom is -0.481 e. The smallest absolute Gasteiger partial charge is 0.304 e. The van der Waals surface area contributed by atoms with E-state index in [2.05, 4.69) is 5.32 Å². The fourth-order valence-electron chi connectivity index (χ4n) is 1.76. The molecule has 1 atom stereocenters. The van der Waals surface area contributed by atoms with Crippen molar-refractivity contribution in [3.05, 3.63) is 35.6 Å². The summed E-state index contributed by atoms with van der Waals surface area (Å²) in [5.41, 5.74) is 0.245. The second-order valence-corrected chi connectivity index (χ2v) is 4.45. The van der Waals surface area contributed by atoms with Gasteiger partial charge in [-0.2, -0.15) is 0 Å². The summed E-state index contributed by atoms with van der Waals surface area (Å²) in [4.78, 5) is 33.3. The number of rotatable bonds is 9. The minimum absolute atomic E-state index is 0.0329. The van der Waals surface area contributed by atoms with Crippen LogP contribution in [-0.4, -0.2) is 40.5 Å². The van der Waals surface area contributed by atoms with E-state index < -0.39 is 23.8 Å². The number of nitrogens with one attached hydrogen (secondary N) is 1. The zero-order chi connectivity index (χ0) is 15.8. The summed E-state index contributed by atoms with van der Waals surface area (Å²) in [5.74, 6) is -2.94. The molecule has 0 aliphatic carbocycles. The van der Waals surface area contributed by atoms with Gasteiger partial charge in [0.05, 0.1) is 12.5 Å². The minimum atomic E-state index is -1.05. The van der Waals surface area contributed by atoms with Crippen LogP contribution in [0, 0.1) is 5.82 Å². The van der Waals surface area contributed by atoms with E-state index >= 15 is 0 Å². The highest BCUT2D eigenvalue weighted by Gasteiger charge is 2.20. The van der Waals surface area contributed by atoms with Crippen LogP contribution in [0.15, 0.2) is 24.3 Å². The van der Waals surface area contributed by atoms with Crippen LogP contribution in [0.25, 0.3) is 0 Å². The van der Waals surface area contributed by atoms with Gasteiger partial charge in [-0.15, -0.1) is 0 Å². The van der Waals surface area contributed by atoms with Crippen molar-refractivity contribution in [3.8, 4) is 0 Å². The molecule has 0 heterocycles. The molecule has 0 spiro atoms. The number of benzene rings is 1. The molecule has 7 heteroatoms. The molecule has 0 aliphatic heterocycles. The fourth-order valence-corrected chi connectivity index (χ4v) is 1.76. The van der Waals surface area contributed by atoms with Crippen LogP contribution in [0.4, 0.5) is 4.39 Å². The third kappa shape index (κ3) is 6.13. The van der Waals surface area contributed by atoms with E-state index in [1.54, 1.807) is 0 Å². The highest BCUT2D eigenvalue weighted by molar-refractivity contribution is 6.00. The van der Waals surface area contributed by atoms with Crippen molar-refractivity contribution >= 4 is 17.7 Å². The van der Waals surface area contributed by atoms with Crippen LogP contribution in [0.5, 0.6) is 0 Å². The van der Waals surface area contributed by atoms with Gasteiger partial charge in [-0.05, 0) is 30.7 Å². The summed E-state index contributed by atoms with van der Waals surface area (Å²) in [6.07, 6.45) is -0.372. The van der Waals surface area contributed by atoms with Crippen LogP contribution in [0.1, 0.15) is 29.6 Å². The van der Waals surface area contributed by atoms with Gasteiger partial charge < -0.3 is 15.5 Å². The number of halogens is 1. The van der Waals surface area contributed by atoms with Crippen LogP contribution >= 0.6 is 0 Å². The standard InChI is InChI=1S/C14H16FNO5/c15-10-3-1-9(2-4-10)14(21)11(5-6-12(17)18)16-8-7-13(19)20/h1-4,11,16H,5-8H2,(H,17,18)(H,19,20). The number of aliphatic carboxylic acids is 2. The first-order chi connectivity index (χ1) is 9.90. The summed E-state index contributed by atoms with van der Waals surface area (Å²) >= 11 is 0. The molecule has 0 saturated heterocycles. The lowest BCUT2D eigenvalue weighted by Gasteiger charge is -2.16. The van der Waals surface area contributed by atoms with Crippen LogP contribution in [0.2, 0.25) is 0 Å². The maximum atomic E-state index is 12.8. The summed E-state index contributed by atoms with van der Waals surface area (Å²) in [6.45, 7) is 0.0482. The van der Waals surface area contributed by atoms with Gasteiger partial charge in [0.2, 0.25) is 0 Å². The maximum Gasteiger partial charge on any atom is 0.304 e. The average Bonchev–Trinajstić information content (AvgIpc) is 2.42. The maximum absolute atomic E-state index is 12.8. The lowest BCUT2D eigenvalue weighted by atomic mass is 10.00. The molecular formula is C14H16FNO5. The Balaban J connectivity index is 2.73. The van der Waals surface area contributed by atoms with E-state index in [0.29, 0.717) is 0 Å². The number of carbonyl (C=O) groups is 3. The number of ketones is 1. The van der Waals surface area contributed by atoms with Gasteiger partial charge in [-0.3, -0.25) is 14.4 Å². The van der Waals surface area contributed by atoms with E-state index in [-0.39, 0.29) is 37.2 Å². The molecule has 1 rings (SSSR count). The Hall–Kier alpha value is -2.28. The number of hydrogen-bond acceptors (Lipinski definition) is 4. The quantitative estimate of drug-likeness (QED) is 0.594. The third-order valence-electron chi connectivity index (χ3n) is 2.82. The van der Waals surface area contributed by atoms with Crippen molar-refractivity contribution in [2.75, 3.05) is 6.54 Å². The molecule has 3 N–H and O–H groups in total. The monoisotopic (exact) mass is 297 g/mol. The Bertz CT molecular complexity index is 515. The van der Waals surface area contributed by atoms with Crippen molar-refractivity contribution in [3.63, 3.8) is 0 Å². The molecule has 0 fully saturated rings. The van der Waals surface area contributed by atoms with Gasteiger partial charge >= 0.3 is 11.9 Å². The molecule has 6 nitrogen and oxygen atoms in total. The lowest BCUT2D eigenvalue weighted by Crippen LogP contribution is -2.38. The highest BCUT2D eigenvalue weighted by atomic mass is 19.1. The first-order valence-electron chi connectivity index (χ1n) is 6.37. The van der Waals surface area contributed by atoms with Crippen LogP contribution in [0.3, 0.4) is 0 Å². The predicted octanol–water partition coefficient (Wildman–Crippen LogP) is 1.31. The molecule has 1 aromatic carbocycles. The van der Waals surface area contributed by atoms with E-state index in [0.717, 1.165) is 12.1 Å². The molecule has 0 saturated carbocycles. The van der Waals surface area contributed by atoms with Gasteiger partial charge in [0.15, 0.2) is 5.78 Å². The molecule has 0 radical (unpaired) electrons. The SMILES string of the molecule is O=C(O)CCNC(CCC(=O)O)C(=O)c1ccc(F)cc1. The summed E-state index contributed by atoms with van der Waals surface area (Å²) < 4.78 is 12.8. The number of hydrogen-bond donors (Lipinski definition) is 3. The summed E-state index contributed by atoms with van der Waals surface area (Å²) in [5, 5.41) is 20.0. The van der Waals surface area contributed by atoms with Gasteiger partial charge in [-0.1, -0.05) is 0 Å². The molecule has 0 amide bonds. The molecule has 1 aromatic rings. The van der Waals surface area contributed by atoms with E-state index in [4.69, 9.17) is 10.2 Å². The fraction of sp³-hybridized carbons (Fsp3) is 0.357. The van der Waals surface area contributed by atoms with Crippen molar-refractivity contribution in [2.24, 2.45) is 0 Å². The molecule has 0 aliphatic rings. The molecule has 114 valence electrons. The zero-order valence-electron chi connectivity index (χ0n) is 11.2. The van der Waals surface area contributed by atoms with Crippen LogP contribution in [-0.2, 0) is 9.59 Å². The topological polar surface area (TPSA) is 104 Å². The second kappa shape index (κ2) is 8.11.